The van der Waals surface area contributed by atoms with Crippen LogP contribution in [0.2, 0.25) is 5.02 Å². The van der Waals surface area contributed by atoms with E-state index < -0.39 is 27.9 Å². The minimum Gasteiger partial charge on any atom is -0.377 e. The van der Waals surface area contributed by atoms with Gasteiger partial charge in [-0.05, 0) is 36.6 Å². The first kappa shape index (κ1) is 22.2. The lowest BCUT2D eigenvalue weighted by atomic mass is 10.1. The molecule has 2 unspecified atom stereocenters. The normalized spacial score (nSPS) is 17.4. The Kier molecular flexibility index (Phi) is 7.09. The monoisotopic (exact) mass is 451 g/mol. The number of nitrogens with one attached hydrogen (secondary N) is 2. The minimum absolute atomic E-state index is 0.0269. The van der Waals surface area contributed by atoms with Crippen molar-refractivity contribution < 1.29 is 22.7 Å². The molecular weight excluding hydrogens is 430 g/mol. The van der Waals surface area contributed by atoms with Crippen LogP contribution < -0.4 is 15.8 Å². The molecule has 0 aliphatic carbocycles. The van der Waals surface area contributed by atoms with Crippen molar-refractivity contribution >= 4 is 33.4 Å². The first-order valence-corrected chi connectivity index (χ1v) is 11.2. The number of hydrogen-bond acceptors (Lipinski definition) is 5. The molecule has 1 aliphatic rings. The number of halogens is 1. The number of carbonyl (C=O) groups is 2. The smallest absolute Gasteiger partial charge is 0.252 e. The maximum atomic E-state index is 12.7. The van der Waals surface area contributed by atoms with Gasteiger partial charge in [-0.1, -0.05) is 41.9 Å². The zero-order valence-electron chi connectivity index (χ0n) is 16.0. The Balaban J connectivity index is 1.79. The van der Waals surface area contributed by atoms with Crippen molar-refractivity contribution in [3.8, 4) is 0 Å². The van der Waals surface area contributed by atoms with E-state index in [4.69, 9.17) is 22.1 Å². The predicted molar refractivity (Wildman–Crippen MR) is 111 cm³/mol. The molecule has 0 aromatic heterocycles. The Hall–Kier alpha value is -2.46. The number of ether oxygens (including phenoxy) is 1. The van der Waals surface area contributed by atoms with Crippen LogP contribution in [0, 0.1) is 0 Å². The molecule has 1 fully saturated rings. The topological polar surface area (TPSA) is 128 Å². The lowest BCUT2D eigenvalue weighted by molar-refractivity contribution is -0.120. The predicted octanol–water partition coefficient (Wildman–Crippen LogP) is 1.75. The van der Waals surface area contributed by atoms with Crippen molar-refractivity contribution in [2.75, 3.05) is 13.2 Å². The van der Waals surface area contributed by atoms with Crippen molar-refractivity contribution in [1.82, 2.24) is 10.0 Å². The van der Waals surface area contributed by atoms with E-state index in [0.717, 1.165) is 12.8 Å². The molecule has 160 valence electrons. The maximum absolute atomic E-state index is 12.7. The Labute approximate surface area is 179 Å². The van der Waals surface area contributed by atoms with Gasteiger partial charge in [0.05, 0.1) is 11.1 Å². The van der Waals surface area contributed by atoms with Gasteiger partial charge in [0.25, 0.3) is 5.91 Å². The molecule has 3 rings (SSSR count). The van der Waals surface area contributed by atoms with Gasteiger partial charge in [-0.25, -0.2) is 13.1 Å². The lowest BCUT2D eigenvalue weighted by Crippen LogP contribution is -2.37. The molecule has 2 aromatic carbocycles. The summed E-state index contributed by atoms with van der Waals surface area (Å²) in [6, 6.07) is 11.3. The van der Waals surface area contributed by atoms with Gasteiger partial charge < -0.3 is 15.8 Å². The zero-order valence-corrected chi connectivity index (χ0v) is 17.6. The molecule has 0 bridgehead atoms. The average Bonchev–Trinajstić information content (AvgIpc) is 3.25. The Bertz CT molecular complexity index is 1020. The number of carbonyl (C=O) groups excluding carboxylic acids is 2. The summed E-state index contributed by atoms with van der Waals surface area (Å²) in [4.78, 5) is 24.3. The van der Waals surface area contributed by atoms with Crippen LogP contribution in [0.4, 0.5) is 0 Å². The quantitative estimate of drug-likeness (QED) is 0.563. The highest BCUT2D eigenvalue weighted by atomic mass is 35.5. The Morgan fingerprint density at radius 1 is 1.20 bits per heavy atom. The number of hydrogen-bond donors (Lipinski definition) is 3. The first-order valence-electron chi connectivity index (χ1n) is 9.34. The SMILES string of the molecule is NC(=O)C(NC(=O)c1ccc(Cl)c(S(=O)(=O)NCC2CCCO2)c1)c1ccccc1. The van der Waals surface area contributed by atoms with E-state index in [1.807, 2.05) is 0 Å². The summed E-state index contributed by atoms with van der Waals surface area (Å²) in [5, 5.41) is 2.51. The molecule has 8 nitrogen and oxygen atoms in total. The van der Waals surface area contributed by atoms with Gasteiger partial charge in [0.2, 0.25) is 15.9 Å². The molecule has 1 saturated heterocycles. The molecule has 1 aliphatic heterocycles. The lowest BCUT2D eigenvalue weighted by Gasteiger charge is -2.17. The fraction of sp³-hybridized carbons (Fsp3) is 0.300. The number of amides is 2. The summed E-state index contributed by atoms with van der Waals surface area (Å²) < 4.78 is 33.2. The van der Waals surface area contributed by atoms with E-state index in [0.29, 0.717) is 12.2 Å². The standard InChI is InChI=1S/C20H22ClN3O5S/c21-16-9-8-14(11-17(16)30(27,28)23-12-15-7-4-10-29-15)20(26)24-18(19(22)25)13-5-2-1-3-6-13/h1-3,5-6,8-9,11,15,18,23H,4,7,10,12H2,(H2,22,25)(H,24,26). The number of nitrogens with two attached hydrogens (primary N) is 1. The highest BCUT2D eigenvalue weighted by Gasteiger charge is 2.25. The molecule has 2 atom stereocenters. The third-order valence-electron chi connectivity index (χ3n) is 4.70. The molecule has 30 heavy (non-hydrogen) atoms. The highest BCUT2D eigenvalue weighted by Crippen LogP contribution is 2.24. The Morgan fingerprint density at radius 2 is 1.93 bits per heavy atom. The van der Waals surface area contributed by atoms with Crippen molar-refractivity contribution in [3.63, 3.8) is 0 Å². The van der Waals surface area contributed by atoms with E-state index in [2.05, 4.69) is 10.0 Å². The summed E-state index contributed by atoms with van der Waals surface area (Å²) in [7, 11) is -3.96. The van der Waals surface area contributed by atoms with E-state index in [-0.39, 0.29) is 28.1 Å². The summed E-state index contributed by atoms with van der Waals surface area (Å²) in [5.74, 6) is -1.40. The van der Waals surface area contributed by atoms with Gasteiger partial charge in [0, 0.05) is 18.7 Å². The summed E-state index contributed by atoms with van der Waals surface area (Å²) >= 11 is 6.08. The minimum atomic E-state index is -3.96. The van der Waals surface area contributed by atoms with Crippen molar-refractivity contribution in [3.05, 3.63) is 64.7 Å². The van der Waals surface area contributed by atoms with Crippen LogP contribution in [0.3, 0.4) is 0 Å². The second-order valence-corrected chi connectivity index (χ2v) is 8.99. The molecule has 10 heteroatoms. The van der Waals surface area contributed by atoms with Gasteiger partial charge in [0.1, 0.15) is 10.9 Å². The van der Waals surface area contributed by atoms with E-state index in [1.165, 1.54) is 18.2 Å². The number of primary amides is 1. The largest absolute Gasteiger partial charge is 0.377 e. The molecule has 4 N–H and O–H groups in total. The molecule has 0 saturated carbocycles. The molecule has 2 aromatic rings. The van der Waals surface area contributed by atoms with Gasteiger partial charge >= 0.3 is 0 Å². The average molecular weight is 452 g/mol. The fourth-order valence-corrected chi connectivity index (χ4v) is 4.70. The second-order valence-electron chi connectivity index (χ2n) is 6.85. The third-order valence-corrected chi connectivity index (χ3v) is 6.61. The van der Waals surface area contributed by atoms with Crippen molar-refractivity contribution in [2.45, 2.75) is 29.9 Å². The van der Waals surface area contributed by atoms with Crippen LogP contribution in [-0.4, -0.2) is 39.5 Å². The van der Waals surface area contributed by atoms with Gasteiger partial charge in [-0.2, -0.15) is 0 Å². The Morgan fingerprint density at radius 3 is 2.57 bits per heavy atom. The van der Waals surface area contributed by atoms with Gasteiger partial charge in [-0.3, -0.25) is 9.59 Å². The van der Waals surface area contributed by atoms with Gasteiger partial charge in [0.15, 0.2) is 0 Å². The maximum Gasteiger partial charge on any atom is 0.252 e. The molecule has 0 radical (unpaired) electrons. The highest BCUT2D eigenvalue weighted by molar-refractivity contribution is 7.89. The van der Waals surface area contributed by atoms with Crippen LogP contribution in [0.25, 0.3) is 0 Å². The van der Waals surface area contributed by atoms with Crippen LogP contribution in [0.1, 0.15) is 34.8 Å². The zero-order chi connectivity index (χ0) is 21.7. The van der Waals surface area contributed by atoms with E-state index in [9.17, 15) is 18.0 Å². The summed E-state index contributed by atoms with van der Waals surface area (Å²) in [6.45, 7) is 0.720. The van der Waals surface area contributed by atoms with E-state index >= 15 is 0 Å². The number of sulfonamides is 1. The summed E-state index contributed by atoms with van der Waals surface area (Å²) in [5.41, 5.74) is 5.96. The molecule has 2 amide bonds. The van der Waals surface area contributed by atoms with Crippen LogP contribution in [0.5, 0.6) is 0 Å². The first-order chi connectivity index (χ1) is 14.3. The van der Waals surface area contributed by atoms with Gasteiger partial charge in [-0.15, -0.1) is 0 Å². The number of benzene rings is 2. The van der Waals surface area contributed by atoms with Crippen molar-refractivity contribution in [1.29, 1.82) is 0 Å². The molecule has 0 spiro atoms. The molecular formula is C20H22ClN3O5S. The second kappa shape index (κ2) is 9.57. The number of rotatable bonds is 8. The van der Waals surface area contributed by atoms with Crippen LogP contribution in [-0.2, 0) is 19.6 Å². The third kappa shape index (κ3) is 5.37. The van der Waals surface area contributed by atoms with Crippen molar-refractivity contribution in [2.24, 2.45) is 5.73 Å². The van der Waals surface area contributed by atoms with E-state index in [1.54, 1.807) is 30.3 Å². The van der Waals surface area contributed by atoms with Crippen LogP contribution >= 0.6 is 11.6 Å². The van der Waals surface area contributed by atoms with Crippen LogP contribution in [0.15, 0.2) is 53.4 Å². The summed E-state index contributed by atoms with van der Waals surface area (Å²) in [6.07, 6.45) is 1.46. The fourth-order valence-electron chi connectivity index (χ4n) is 3.11. The molecule has 1 heterocycles.